The number of rotatable bonds is 6. The molecule has 2 nitrogen and oxygen atoms in total. The number of esters is 1. The fourth-order valence-corrected chi connectivity index (χ4v) is 6.76. The highest BCUT2D eigenvalue weighted by Gasteiger charge is 2.42. The summed E-state index contributed by atoms with van der Waals surface area (Å²) in [5.74, 6) is 0.126. The van der Waals surface area contributed by atoms with E-state index in [0.29, 0.717) is 11.5 Å². The van der Waals surface area contributed by atoms with E-state index >= 15 is 0 Å². The monoisotopic (exact) mass is 439 g/mol. The van der Waals surface area contributed by atoms with Crippen molar-refractivity contribution in [2.75, 3.05) is 0 Å². The van der Waals surface area contributed by atoms with Gasteiger partial charge in [-0.3, -0.25) is 0 Å². The molecule has 0 radical (unpaired) electrons. The molecule has 3 aromatic rings. The molecule has 5 rings (SSSR count). The second-order valence-electron chi connectivity index (χ2n) is 8.38. The molecule has 160 valence electrons. The van der Waals surface area contributed by atoms with Gasteiger partial charge in [-0.2, -0.15) is 0 Å². The van der Waals surface area contributed by atoms with Gasteiger partial charge in [0.05, 0.1) is 16.5 Å². The van der Waals surface area contributed by atoms with Gasteiger partial charge in [-0.15, -0.1) is 0 Å². The van der Waals surface area contributed by atoms with Gasteiger partial charge >= 0.3 is 5.97 Å². The largest absolute Gasteiger partial charge is 0.451 e. The summed E-state index contributed by atoms with van der Waals surface area (Å²) in [6.45, 7) is 0. The summed E-state index contributed by atoms with van der Waals surface area (Å²) in [4.78, 5) is 16.8. The van der Waals surface area contributed by atoms with Crippen LogP contribution in [0.3, 0.4) is 0 Å². The van der Waals surface area contributed by atoms with Gasteiger partial charge in [0.25, 0.3) is 0 Å². The smallest absolute Gasteiger partial charge is 0.339 e. The van der Waals surface area contributed by atoms with E-state index in [2.05, 4.69) is 85.0 Å². The van der Waals surface area contributed by atoms with Gasteiger partial charge in [-0.1, -0.05) is 54.6 Å². The molecule has 0 spiro atoms. The van der Waals surface area contributed by atoms with Gasteiger partial charge in [0, 0.05) is 5.92 Å². The molecule has 0 N–H and O–H groups in total. The van der Waals surface area contributed by atoms with Crippen LogP contribution in [0.15, 0.2) is 124 Å². The molecule has 0 heterocycles. The van der Waals surface area contributed by atoms with E-state index in [0.717, 1.165) is 25.7 Å². The molecule has 2 aliphatic carbocycles. The van der Waals surface area contributed by atoms with Gasteiger partial charge in [0.15, 0.2) is 14.7 Å². The zero-order valence-electron chi connectivity index (χ0n) is 18.0. The van der Waals surface area contributed by atoms with E-state index in [4.69, 9.17) is 4.74 Å². The summed E-state index contributed by atoms with van der Waals surface area (Å²) < 4.78 is 6.18. The molecule has 0 amide bonds. The number of allylic oxidation sites excluding steroid dienone is 3. The topological polar surface area (TPSA) is 26.3 Å². The average Bonchev–Trinajstić information content (AvgIpc) is 3.54. The van der Waals surface area contributed by atoms with Crippen molar-refractivity contribution < 1.29 is 9.53 Å². The van der Waals surface area contributed by atoms with Crippen molar-refractivity contribution in [2.45, 2.75) is 46.0 Å². The van der Waals surface area contributed by atoms with Crippen LogP contribution in [0.4, 0.5) is 0 Å². The number of hydrogen-bond acceptors (Lipinski definition) is 2. The predicted octanol–water partition coefficient (Wildman–Crippen LogP) is 6.99. The maximum Gasteiger partial charge on any atom is 0.339 e. The molecule has 0 saturated heterocycles. The molecule has 0 aromatic heterocycles. The fourth-order valence-electron chi connectivity index (χ4n) is 4.68. The van der Waals surface area contributed by atoms with Gasteiger partial charge in [-0.05, 0) is 80.3 Å². The first-order chi connectivity index (χ1) is 15.8. The standard InChI is InChI=1S/C29H27O2S/c30-28(31-29(21-9-10-22-29)24-11-7-8-12-24)23-17-19-27(20-18-23)32(25-13-3-1-4-14-25)26-15-5-2-6-16-26/h1-9,13-21,24H,10-12,22H2/q+1. The van der Waals surface area contributed by atoms with E-state index in [1.165, 1.54) is 14.7 Å². The lowest BCUT2D eigenvalue weighted by molar-refractivity contribution is -0.0210. The zero-order chi connectivity index (χ0) is 21.8. The minimum atomic E-state index is -0.461. The molecule has 0 fully saturated rings. The van der Waals surface area contributed by atoms with Crippen molar-refractivity contribution in [1.29, 1.82) is 0 Å². The molecule has 0 saturated carbocycles. The molecular formula is C29H27O2S+. The number of carbonyl (C=O) groups excluding carboxylic acids is 1. The highest BCUT2D eigenvalue weighted by Crippen LogP contribution is 2.41. The van der Waals surface area contributed by atoms with E-state index in [1.807, 2.05) is 24.3 Å². The maximum atomic E-state index is 13.1. The Bertz CT molecular complexity index is 1070. The fraction of sp³-hybridized carbons (Fsp3) is 0.207. The number of benzene rings is 3. The Labute approximate surface area is 193 Å². The second-order valence-corrected chi connectivity index (χ2v) is 10.4. The molecule has 1 atom stereocenters. The number of carbonyl (C=O) groups is 1. The minimum absolute atomic E-state index is 0.222. The Kier molecular flexibility index (Phi) is 6.00. The molecular weight excluding hydrogens is 412 g/mol. The lowest BCUT2D eigenvalue weighted by atomic mass is 9.84. The van der Waals surface area contributed by atoms with Gasteiger partial charge in [0.2, 0.25) is 0 Å². The summed E-state index contributed by atoms with van der Waals surface area (Å²) in [7, 11) is -0.222. The molecule has 1 unspecified atom stereocenters. The van der Waals surface area contributed by atoms with E-state index in [9.17, 15) is 4.79 Å². The van der Waals surface area contributed by atoms with Crippen LogP contribution < -0.4 is 0 Å². The van der Waals surface area contributed by atoms with Crippen molar-refractivity contribution in [1.82, 2.24) is 0 Å². The van der Waals surface area contributed by atoms with E-state index < -0.39 is 5.60 Å². The van der Waals surface area contributed by atoms with Crippen molar-refractivity contribution in [3.8, 4) is 0 Å². The van der Waals surface area contributed by atoms with Crippen LogP contribution in [0.25, 0.3) is 0 Å². The quantitative estimate of drug-likeness (QED) is 0.235. The lowest BCUT2D eigenvalue weighted by Crippen LogP contribution is -2.38. The van der Waals surface area contributed by atoms with Crippen LogP contribution in [0.1, 0.15) is 36.0 Å². The third-order valence-electron chi connectivity index (χ3n) is 6.37. The van der Waals surface area contributed by atoms with Gasteiger partial charge < -0.3 is 4.74 Å². The lowest BCUT2D eigenvalue weighted by Gasteiger charge is -2.33. The Balaban J connectivity index is 1.40. The molecule has 3 aromatic carbocycles. The van der Waals surface area contributed by atoms with Crippen molar-refractivity contribution in [3.63, 3.8) is 0 Å². The summed E-state index contributed by atoms with van der Waals surface area (Å²) in [5, 5.41) is 0. The van der Waals surface area contributed by atoms with Crippen LogP contribution in [0.5, 0.6) is 0 Å². The molecule has 0 aliphatic heterocycles. The van der Waals surface area contributed by atoms with E-state index in [1.54, 1.807) is 0 Å². The SMILES string of the molecule is O=C(OC1(C2CC=CC2)C=CCC1)c1ccc([S+](c2ccccc2)c2ccccc2)cc1. The van der Waals surface area contributed by atoms with Gasteiger partial charge in [-0.25, -0.2) is 4.79 Å². The van der Waals surface area contributed by atoms with Crippen LogP contribution in [-0.4, -0.2) is 11.6 Å². The maximum absolute atomic E-state index is 13.1. The molecule has 2 aliphatic rings. The van der Waals surface area contributed by atoms with E-state index in [-0.39, 0.29) is 16.9 Å². The highest BCUT2D eigenvalue weighted by atomic mass is 32.2. The first-order valence-corrected chi connectivity index (χ1v) is 12.5. The Hall–Kier alpha value is -3.04. The summed E-state index contributed by atoms with van der Waals surface area (Å²) in [5.41, 5.74) is 0.154. The summed E-state index contributed by atoms with van der Waals surface area (Å²) in [6, 6.07) is 29.1. The minimum Gasteiger partial charge on any atom is -0.451 e. The van der Waals surface area contributed by atoms with Gasteiger partial charge in [0.1, 0.15) is 5.60 Å². The highest BCUT2D eigenvalue weighted by molar-refractivity contribution is 7.97. The normalized spacial score (nSPS) is 20.2. The molecule has 32 heavy (non-hydrogen) atoms. The Morgan fingerprint density at radius 1 is 0.750 bits per heavy atom. The third kappa shape index (κ3) is 4.18. The molecule has 3 heteroatoms. The summed E-state index contributed by atoms with van der Waals surface area (Å²) in [6.07, 6.45) is 12.5. The first kappa shape index (κ1) is 20.8. The predicted molar refractivity (Wildman–Crippen MR) is 130 cm³/mol. The van der Waals surface area contributed by atoms with Crippen molar-refractivity contribution in [3.05, 3.63) is 115 Å². The third-order valence-corrected chi connectivity index (χ3v) is 8.60. The second kappa shape index (κ2) is 9.22. The summed E-state index contributed by atoms with van der Waals surface area (Å²) >= 11 is 0. The van der Waals surface area contributed by atoms with Crippen LogP contribution in [0.2, 0.25) is 0 Å². The Morgan fingerprint density at radius 3 is 1.84 bits per heavy atom. The van der Waals surface area contributed by atoms with Crippen molar-refractivity contribution >= 4 is 16.9 Å². The average molecular weight is 440 g/mol. The molecule has 0 bridgehead atoms. The number of hydrogen-bond donors (Lipinski definition) is 0. The van der Waals surface area contributed by atoms with Crippen molar-refractivity contribution in [2.24, 2.45) is 5.92 Å². The van der Waals surface area contributed by atoms with Crippen LogP contribution in [-0.2, 0) is 15.6 Å². The van der Waals surface area contributed by atoms with Crippen LogP contribution in [0, 0.1) is 5.92 Å². The number of ether oxygens (including phenoxy) is 1. The zero-order valence-corrected chi connectivity index (χ0v) is 18.8. The first-order valence-electron chi connectivity index (χ1n) is 11.3. The Morgan fingerprint density at radius 2 is 1.31 bits per heavy atom. The van der Waals surface area contributed by atoms with Crippen LogP contribution >= 0.6 is 0 Å².